The number of rotatable bonds is 4. The predicted molar refractivity (Wildman–Crippen MR) is 95.4 cm³/mol. The van der Waals surface area contributed by atoms with Crippen LogP contribution in [0.15, 0.2) is 23.0 Å². The van der Waals surface area contributed by atoms with E-state index in [1.165, 1.54) is 11.3 Å². The molecule has 23 heavy (non-hydrogen) atoms. The molecule has 126 valence electrons. The average molecular weight is 378 g/mol. The number of amides is 1. The number of halogens is 3. The van der Waals surface area contributed by atoms with Crippen molar-refractivity contribution in [1.29, 1.82) is 0 Å². The minimum absolute atomic E-state index is 0. The predicted octanol–water partition coefficient (Wildman–Crippen LogP) is 3.34. The molecule has 2 N–H and O–H groups in total. The Morgan fingerprint density at radius 1 is 1.39 bits per heavy atom. The summed E-state index contributed by atoms with van der Waals surface area (Å²) in [5.41, 5.74) is 4.60. The van der Waals surface area contributed by atoms with E-state index in [4.69, 9.17) is 0 Å². The Balaban J connectivity index is 0.00000132. The molecule has 3 rings (SSSR count). The summed E-state index contributed by atoms with van der Waals surface area (Å²) in [6, 6.07) is 3.52. The summed E-state index contributed by atoms with van der Waals surface area (Å²) in [4.78, 5) is 16.0. The van der Waals surface area contributed by atoms with E-state index < -0.39 is 0 Å². The SMILES string of the molecule is Cl.Cl.O=C(CCc1cscn1)Nc1ccc2c(c1F)CCNC2. The quantitative estimate of drug-likeness (QED) is 0.858. The van der Waals surface area contributed by atoms with E-state index in [0.717, 1.165) is 17.8 Å². The van der Waals surface area contributed by atoms with Crippen LogP contribution in [-0.2, 0) is 24.2 Å². The third-order valence-corrected chi connectivity index (χ3v) is 4.21. The molecule has 4 nitrogen and oxygen atoms in total. The maximum atomic E-state index is 14.4. The van der Waals surface area contributed by atoms with E-state index in [1.807, 2.05) is 11.4 Å². The molecule has 0 atom stereocenters. The van der Waals surface area contributed by atoms with Crippen molar-refractivity contribution in [1.82, 2.24) is 10.3 Å². The number of hydrogen-bond donors (Lipinski definition) is 2. The van der Waals surface area contributed by atoms with Gasteiger partial charge in [0, 0.05) is 18.3 Å². The summed E-state index contributed by atoms with van der Waals surface area (Å²) >= 11 is 1.50. The molecule has 2 aromatic rings. The lowest BCUT2D eigenvalue weighted by molar-refractivity contribution is -0.116. The first-order valence-corrected chi connectivity index (χ1v) is 7.86. The van der Waals surface area contributed by atoms with Crippen LogP contribution in [0.5, 0.6) is 0 Å². The molecule has 1 aromatic heterocycles. The Hall–Kier alpha value is -1.21. The van der Waals surface area contributed by atoms with Crippen molar-refractivity contribution in [3.05, 3.63) is 45.7 Å². The van der Waals surface area contributed by atoms with E-state index in [1.54, 1.807) is 11.6 Å². The number of carbonyl (C=O) groups is 1. The van der Waals surface area contributed by atoms with Crippen LogP contribution in [0.2, 0.25) is 0 Å². The Bertz CT molecular complexity index is 652. The molecular weight excluding hydrogens is 360 g/mol. The lowest BCUT2D eigenvalue weighted by Gasteiger charge is -2.19. The number of anilines is 1. The van der Waals surface area contributed by atoms with E-state index in [9.17, 15) is 9.18 Å². The van der Waals surface area contributed by atoms with Crippen LogP contribution in [0.3, 0.4) is 0 Å². The van der Waals surface area contributed by atoms with Gasteiger partial charge in [-0.1, -0.05) is 6.07 Å². The molecule has 0 unspecified atom stereocenters. The highest BCUT2D eigenvalue weighted by Gasteiger charge is 2.17. The first-order valence-electron chi connectivity index (χ1n) is 6.92. The maximum absolute atomic E-state index is 14.4. The molecule has 1 aliphatic rings. The third kappa shape index (κ3) is 4.88. The molecule has 0 saturated heterocycles. The zero-order valence-corrected chi connectivity index (χ0v) is 14.8. The standard InChI is InChI=1S/C15H16FN3OS.2ClH/c16-15-12-5-6-17-7-10(12)1-3-13(15)19-14(20)4-2-11-8-21-9-18-11;;/h1,3,8-9,17H,2,4-7H2,(H,19,20);2*1H. The van der Waals surface area contributed by atoms with Crippen LogP contribution in [-0.4, -0.2) is 17.4 Å². The van der Waals surface area contributed by atoms with E-state index in [0.29, 0.717) is 31.4 Å². The topological polar surface area (TPSA) is 54.0 Å². The molecule has 1 amide bonds. The summed E-state index contributed by atoms with van der Waals surface area (Å²) in [5, 5.41) is 7.78. The summed E-state index contributed by atoms with van der Waals surface area (Å²) in [6.45, 7) is 1.45. The first kappa shape index (κ1) is 19.8. The molecule has 0 saturated carbocycles. The number of nitrogens with one attached hydrogen (secondary N) is 2. The summed E-state index contributed by atoms with van der Waals surface area (Å²) in [5.74, 6) is -0.480. The van der Waals surface area contributed by atoms with Crippen molar-refractivity contribution in [3.8, 4) is 0 Å². The minimum Gasteiger partial charge on any atom is -0.324 e. The highest BCUT2D eigenvalue weighted by molar-refractivity contribution is 7.07. The summed E-state index contributed by atoms with van der Waals surface area (Å²) < 4.78 is 14.4. The van der Waals surface area contributed by atoms with E-state index in [2.05, 4.69) is 15.6 Å². The fourth-order valence-corrected chi connectivity index (χ4v) is 3.04. The number of benzene rings is 1. The van der Waals surface area contributed by atoms with Gasteiger partial charge in [0.15, 0.2) is 0 Å². The van der Waals surface area contributed by atoms with Gasteiger partial charge in [0.1, 0.15) is 5.82 Å². The lowest BCUT2D eigenvalue weighted by Crippen LogP contribution is -2.25. The zero-order valence-electron chi connectivity index (χ0n) is 12.3. The third-order valence-electron chi connectivity index (χ3n) is 3.57. The number of nitrogens with zero attached hydrogens (tertiary/aromatic N) is 1. The van der Waals surface area contributed by atoms with Gasteiger partial charge >= 0.3 is 0 Å². The fraction of sp³-hybridized carbons (Fsp3) is 0.333. The highest BCUT2D eigenvalue weighted by Crippen LogP contribution is 2.24. The zero-order chi connectivity index (χ0) is 14.7. The molecule has 0 radical (unpaired) electrons. The van der Waals surface area contributed by atoms with Crippen LogP contribution in [0.4, 0.5) is 10.1 Å². The second kappa shape index (κ2) is 9.17. The lowest BCUT2D eigenvalue weighted by atomic mass is 9.99. The Labute approximate surface area is 150 Å². The van der Waals surface area contributed by atoms with Gasteiger partial charge in [-0.15, -0.1) is 36.2 Å². The van der Waals surface area contributed by atoms with Gasteiger partial charge in [0.05, 0.1) is 16.9 Å². The van der Waals surface area contributed by atoms with Gasteiger partial charge in [0.2, 0.25) is 5.91 Å². The molecule has 0 spiro atoms. The van der Waals surface area contributed by atoms with Crippen molar-refractivity contribution in [2.24, 2.45) is 0 Å². The number of aromatic nitrogens is 1. The smallest absolute Gasteiger partial charge is 0.224 e. The molecular formula is C15H18Cl2FN3OS. The monoisotopic (exact) mass is 377 g/mol. The van der Waals surface area contributed by atoms with Crippen molar-refractivity contribution in [3.63, 3.8) is 0 Å². The normalized spacial score (nSPS) is 12.6. The van der Waals surface area contributed by atoms with Crippen molar-refractivity contribution < 1.29 is 9.18 Å². The molecule has 1 aromatic carbocycles. The molecule has 8 heteroatoms. The summed E-state index contributed by atoms with van der Waals surface area (Å²) in [6.07, 6.45) is 1.54. The Morgan fingerprint density at radius 2 is 2.22 bits per heavy atom. The van der Waals surface area contributed by atoms with Crippen LogP contribution in [0.25, 0.3) is 0 Å². The van der Waals surface area contributed by atoms with Crippen molar-refractivity contribution in [2.75, 3.05) is 11.9 Å². The van der Waals surface area contributed by atoms with Crippen LogP contribution in [0, 0.1) is 5.82 Å². The van der Waals surface area contributed by atoms with Crippen LogP contribution >= 0.6 is 36.2 Å². The van der Waals surface area contributed by atoms with Crippen molar-refractivity contribution >= 4 is 47.7 Å². The van der Waals surface area contributed by atoms with Crippen LogP contribution < -0.4 is 10.6 Å². The fourth-order valence-electron chi connectivity index (χ4n) is 2.45. The number of hydrogen-bond acceptors (Lipinski definition) is 4. The minimum atomic E-state index is -0.295. The van der Waals surface area contributed by atoms with Gasteiger partial charge in [-0.25, -0.2) is 9.37 Å². The highest BCUT2D eigenvalue weighted by atomic mass is 35.5. The average Bonchev–Trinajstić information content (AvgIpc) is 3.02. The van der Waals surface area contributed by atoms with E-state index >= 15 is 0 Å². The molecule has 2 heterocycles. The number of aryl methyl sites for hydroxylation is 1. The molecule has 0 bridgehead atoms. The maximum Gasteiger partial charge on any atom is 0.224 e. The number of thiazole rings is 1. The number of carbonyl (C=O) groups excluding carboxylic acids is 1. The Morgan fingerprint density at radius 3 is 2.96 bits per heavy atom. The van der Waals surface area contributed by atoms with Gasteiger partial charge in [-0.2, -0.15) is 0 Å². The second-order valence-corrected chi connectivity index (χ2v) is 5.74. The van der Waals surface area contributed by atoms with Crippen molar-refractivity contribution in [2.45, 2.75) is 25.8 Å². The van der Waals surface area contributed by atoms with Gasteiger partial charge in [0.25, 0.3) is 0 Å². The Kier molecular flexibility index (Phi) is 7.91. The molecule has 0 aliphatic carbocycles. The van der Waals surface area contributed by atoms with Crippen LogP contribution in [0.1, 0.15) is 23.2 Å². The van der Waals surface area contributed by atoms with Gasteiger partial charge in [-0.05, 0) is 36.6 Å². The van der Waals surface area contributed by atoms with Gasteiger partial charge in [-0.3, -0.25) is 4.79 Å². The largest absolute Gasteiger partial charge is 0.324 e. The van der Waals surface area contributed by atoms with Gasteiger partial charge < -0.3 is 10.6 Å². The van der Waals surface area contributed by atoms with E-state index in [-0.39, 0.29) is 42.2 Å². The molecule has 0 fully saturated rings. The first-order chi connectivity index (χ1) is 10.2. The molecule has 1 aliphatic heterocycles. The summed E-state index contributed by atoms with van der Waals surface area (Å²) in [7, 11) is 0. The second-order valence-electron chi connectivity index (χ2n) is 5.02. The number of fused-ring (bicyclic) bond motifs is 1.